The predicted octanol–water partition coefficient (Wildman–Crippen LogP) is 10.1. The number of nitrogens with one attached hydrogen (secondary N) is 1. The summed E-state index contributed by atoms with van der Waals surface area (Å²) in [6.07, 6.45) is 4.03. The SMILES string of the molecule is CC(C)(C)c1ccc2c(c1)CCC2=O.C[C@@H](N)c1ccccc1.C[C@@H](NC1CCc2cc(C(C)(C)C)ccc21)c1ccccc1.[Xe]. The zero-order valence-electron chi connectivity index (χ0n) is 29.1. The number of hydrogen-bond acceptors (Lipinski definition) is 3. The fourth-order valence-corrected chi connectivity index (χ4v) is 6.08. The van der Waals surface area contributed by atoms with E-state index in [-0.39, 0.29) is 65.8 Å². The van der Waals surface area contributed by atoms with Crippen LogP contribution in [0.2, 0.25) is 0 Å². The molecule has 0 saturated heterocycles. The molecule has 4 heteroatoms. The number of rotatable bonds is 4. The maximum Gasteiger partial charge on any atom is 0.163 e. The molecule has 0 spiro atoms. The van der Waals surface area contributed by atoms with Crippen LogP contribution in [0.5, 0.6) is 0 Å². The third-order valence-electron chi connectivity index (χ3n) is 9.06. The maximum absolute atomic E-state index is 11.4. The zero-order chi connectivity index (χ0) is 32.8. The molecule has 3 nitrogen and oxygen atoms in total. The van der Waals surface area contributed by atoms with Gasteiger partial charge in [0.2, 0.25) is 0 Å². The third kappa shape index (κ3) is 10.5. The summed E-state index contributed by atoms with van der Waals surface area (Å²) in [4.78, 5) is 11.4. The van der Waals surface area contributed by atoms with Crippen molar-refractivity contribution in [2.24, 2.45) is 5.73 Å². The Morgan fingerprint density at radius 3 is 1.72 bits per heavy atom. The Kier molecular flexibility index (Phi) is 14.2. The molecule has 1 unspecified atom stereocenters. The van der Waals surface area contributed by atoms with Gasteiger partial charge in [-0.05, 0) is 82.9 Å². The molecule has 0 aromatic heterocycles. The van der Waals surface area contributed by atoms with Gasteiger partial charge in [0, 0.05) is 79.0 Å². The maximum atomic E-state index is 11.4. The molecule has 0 radical (unpaired) electrons. The number of hydrogen-bond donors (Lipinski definition) is 2. The number of aryl methyl sites for hydroxylation is 2. The third-order valence-corrected chi connectivity index (χ3v) is 9.06. The summed E-state index contributed by atoms with van der Waals surface area (Å²) >= 11 is 0. The van der Waals surface area contributed by atoms with Crippen molar-refractivity contribution in [2.45, 2.75) is 110 Å². The first-order valence-electron chi connectivity index (χ1n) is 16.7. The molecule has 0 heterocycles. The Morgan fingerprint density at radius 2 is 1.20 bits per heavy atom. The van der Waals surface area contributed by atoms with Crippen LogP contribution in [0.15, 0.2) is 97.1 Å². The summed E-state index contributed by atoms with van der Waals surface area (Å²) in [5.41, 5.74) is 16.6. The molecule has 0 fully saturated rings. The molecular weight excluding hydrogens is 680 g/mol. The van der Waals surface area contributed by atoms with Gasteiger partial charge in [-0.25, -0.2) is 0 Å². The largest absolute Gasteiger partial charge is 0.324 e. The molecule has 4 aromatic rings. The molecule has 4 aromatic carbocycles. The number of carbonyl (C=O) groups excluding carboxylic acids is 1. The van der Waals surface area contributed by atoms with E-state index in [9.17, 15) is 4.79 Å². The van der Waals surface area contributed by atoms with Gasteiger partial charge in [0.15, 0.2) is 5.78 Å². The second-order valence-corrected chi connectivity index (χ2v) is 14.8. The molecule has 0 aliphatic heterocycles. The molecule has 3 N–H and O–H groups in total. The quantitative estimate of drug-likeness (QED) is 0.220. The minimum absolute atomic E-state index is 0. The summed E-state index contributed by atoms with van der Waals surface area (Å²) < 4.78 is 0. The minimum atomic E-state index is 0. The van der Waals surface area contributed by atoms with Crippen LogP contribution in [0.4, 0.5) is 0 Å². The normalized spacial score (nSPS) is 16.5. The van der Waals surface area contributed by atoms with Crippen molar-refractivity contribution in [1.82, 2.24) is 5.32 Å². The van der Waals surface area contributed by atoms with E-state index in [4.69, 9.17) is 5.73 Å². The van der Waals surface area contributed by atoms with Crippen LogP contribution in [-0.2, 0) is 23.7 Å². The Hall–Kier alpha value is -1.96. The van der Waals surface area contributed by atoms with E-state index in [0.717, 1.165) is 12.0 Å². The first-order chi connectivity index (χ1) is 21.2. The summed E-state index contributed by atoms with van der Waals surface area (Å²) in [7, 11) is 0. The molecule has 46 heavy (non-hydrogen) atoms. The average Bonchev–Trinajstić information content (AvgIpc) is 3.60. The van der Waals surface area contributed by atoms with Crippen LogP contribution in [0, 0.1) is 48.9 Å². The van der Waals surface area contributed by atoms with Gasteiger partial charge in [-0.1, -0.05) is 139 Å². The molecule has 0 amide bonds. The molecule has 0 saturated carbocycles. The van der Waals surface area contributed by atoms with E-state index >= 15 is 0 Å². The Labute approximate surface area is 319 Å². The van der Waals surface area contributed by atoms with Crippen molar-refractivity contribution >= 4 is 5.78 Å². The van der Waals surface area contributed by atoms with Gasteiger partial charge in [-0.2, -0.15) is 0 Å². The summed E-state index contributed by atoms with van der Waals surface area (Å²) in [5.74, 6) is 0.306. The van der Waals surface area contributed by atoms with Gasteiger partial charge in [-0.15, -0.1) is 0 Å². The van der Waals surface area contributed by atoms with Crippen LogP contribution >= 0.6 is 0 Å². The second-order valence-electron chi connectivity index (χ2n) is 14.8. The number of carbonyl (C=O) groups is 1. The van der Waals surface area contributed by atoms with Crippen LogP contribution in [0.25, 0.3) is 0 Å². The van der Waals surface area contributed by atoms with Crippen molar-refractivity contribution < 1.29 is 53.7 Å². The van der Waals surface area contributed by atoms with E-state index in [1.54, 1.807) is 0 Å². The standard InChI is InChI=1S/C21H27N.C13H16O.C8H11N.Xe/c1-15(16-8-6-5-7-9-16)22-20-13-10-17-14-18(21(2,3)4)11-12-19(17)20;1-13(2,3)10-5-6-11-9(8-10)4-7-12(11)14;1-7(9)8-5-3-2-4-6-8;/h5-9,11-12,14-15,20,22H,10,13H2,1-4H3;5-6,8H,4,7H2,1-3H3;2-7H,9H2,1H3;/t15-,20?;;7-;/m1.1./s1. The van der Waals surface area contributed by atoms with Gasteiger partial charge < -0.3 is 11.1 Å². The summed E-state index contributed by atoms with van der Waals surface area (Å²) in [6.45, 7) is 17.7. The Bertz CT molecular complexity index is 1550. The van der Waals surface area contributed by atoms with Crippen molar-refractivity contribution in [1.29, 1.82) is 0 Å². The van der Waals surface area contributed by atoms with Crippen molar-refractivity contribution in [3.8, 4) is 0 Å². The number of fused-ring (bicyclic) bond motifs is 2. The molecule has 6 rings (SSSR count). The minimum Gasteiger partial charge on any atom is -0.324 e. The van der Waals surface area contributed by atoms with Crippen LogP contribution in [0.1, 0.15) is 136 Å². The molecule has 2 aliphatic carbocycles. The fourth-order valence-electron chi connectivity index (χ4n) is 6.08. The van der Waals surface area contributed by atoms with E-state index in [2.05, 4.69) is 114 Å². The molecular formula is C42H54N2OXe. The summed E-state index contributed by atoms with van der Waals surface area (Å²) in [6, 6.07) is 35.2. The van der Waals surface area contributed by atoms with Crippen LogP contribution in [0.3, 0.4) is 0 Å². The Morgan fingerprint density at radius 1 is 0.674 bits per heavy atom. The number of ketones is 1. The molecule has 2 aliphatic rings. The van der Waals surface area contributed by atoms with Crippen molar-refractivity contribution in [3.05, 3.63) is 142 Å². The molecule has 246 valence electrons. The predicted molar refractivity (Wildman–Crippen MR) is 191 cm³/mol. The van der Waals surface area contributed by atoms with Gasteiger partial charge >= 0.3 is 0 Å². The van der Waals surface area contributed by atoms with Crippen LogP contribution < -0.4 is 11.1 Å². The van der Waals surface area contributed by atoms with Crippen LogP contribution in [-0.4, -0.2) is 5.78 Å². The monoisotopic (exact) mass is 734 g/mol. The number of benzene rings is 4. The first-order valence-corrected chi connectivity index (χ1v) is 16.7. The van der Waals surface area contributed by atoms with Gasteiger partial charge in [0.1, 0.15) is 0 Å². The zero-order valence-corrected chi connectivity index (χ0v) is 31.2. The topological polar surface area (TPSA) is 55.1 Å². The molecule has 3 atom stereocenters. The molecule has 0 bridgehead atoms. The number of nitrogens with two attached hydrogens (primary N) is 1. The number of Topliss-reactive ketones (excluding diaryl/α,β-unsaturated/α-hetero) is 1. The van der Waals surface area contributed by atoms with E-state index in [0.29, 0.717) is 24.3 Å². The van der Waals surface area contributed by atoms with Gasteiger partial charge in [0.25, 0.3) is 0 Å². The Balaban J connectivity index is 0.000000205. The average molecular weight is 734 g/mol. The van der Waals surface area contributed by atoms with E-state index in [1.807, 2.05) is 43.3 Å². The van der Waals surface area contributed by atoms with Crippen molar-refractivity contribution in [2.75, 3.05) is 0 Å². The van der Waals surface area contributed by atoms with E-state index in [1.165, 1.54) is 51.8 Å². The van der Waals surface area contributed by atoms with Crippen molar-refractivity contribution in [3.63, 3.8) is 0 Å². The first kappa shape index (κ1) is 38.5. The second kappa shape index (κ2) is 16.9. The van der Waals surface area contributed by atoms with Gasteiger partial charge in [-0.3, -0.25) is 4.79 Å². The fraction of sp³-hybridized carbons (Fsp3) is 0.405. The smallest absolute Gasteiger partial charge is 0.163 e. The summed E-state index contributed by atoms with van der Waals surface area (Å²) in [5, 5.41) is 3.81. The van der Waals surface area contributed by atoms with E-state index < -0.39 is 0 Å². The van der Waals surface area contributed by atoms with Gasteiger partial charge in [0.05, 0.1) is 0 Å².